The summed E-state index contributed by atoms with van der Waals surface area (Å²) >= 11 is 12.8. The topological polar surface area (TPSA) is 123 Å². The number of hydrogen-bond donors (Lipinski definition) is 2. The number of aromatic nitrogens is 2. The maximum absolute atomic E-state index is 13.4. The van der Waals surface area contributed by atoms with Crippen molar-refractivity contribution in [2.75, 3.05) is 51.2 Å². The fourth-order valence-electron chi connectivity index (χ4n) is 4.21. The number of hydrogen-bond acceptors (Lipinski definition) is 9. The molecule has 0 radical (unpaired) electrons. The molecule has 3 aromatic rings. The Balaban J connectivity index is 0.000000303. The van der Waals surface area contributed by atoms with Crippen LogP contribution in [0.4, 0.5) is 10.2 Å². The molecule has 0 aliphatic carbocycles. The molecule has 4 rings (SSSR count). The zero-order valence-corrected chi connectivity index (χ0v) is 26.3. The van der Waals surface area contributed by atoms with Gasteiger partial charge in [-0.1, -0.05) is 42.3 Å². The number of pyridine rings is 2. The molecule has 232 valence electrons. The molecule has 1 aliphatic heterocycles. The number of rotatable bonds is 11. The van der Waals surface area contributed by atoms with E-state index in [9.17, 15) is 14.0 Å². The molecule has 0 bridgehead atoms. The third kappa shape index (κ3) is 10.0. The van der Waals surface area contributed by atoms with E-state index in [-0.39, 0.29) is 40.7 Å². The number of thioether (sulfide) groups is 1. The number of carboxylic acid groups (broad SMARTS) is 1. The zero-order valence-electron chi connectivity index (χ0n) is 24.0. The summed E-state index contributed by atoms with van der Waals surface area (Å²) in [5, 5.41) is 12.4. The minimum absolute atomic E-state index is 0.0714. The monoisotopic (exact) mass is 654 g/mol. The number of anilines is 1. The number of methoxy groups -OCH3 is 2. The van der Waals surface area contributed by atoms with E-state index in [0.29, 0.717) is 41.5 Å². The van der Waals surface area contributed by atoms with Crippen LogP contribution in [0.25, 0.3) is 0 Å². The smallest absolute Gasteiger partial charge is 0.339 e. The minimum atomic E-state index is -1.15. The van der Waals surface area contributed by atoms with Crippen molar-refractivity contribution in [3.8, 4) is 0 Å². The lowest BCUT2D eigenvalue weighted by Crippen LogP contribution is -2.37. The maximum Gasteiger partial charge on any atom is 0.339 e. The molecule has 1 saturated heterocycles. The molecule has 14 heteroatoms. The van der Waals surface area contributed by atoms with Crippen LogP contribution in [0.1, 0.15) is 44.3 Å². The number of amides is 1. The van der Waals surface area contributed by atoms with E-state index >= 15 is 0 Å². The summed E-state index contributed by atoms with van der Waals surface area (Å²) < 4.78 is 29.0. The van der Waals surface area contributed by atoms with Crippen LogP contribution >= 0.6 is 35.0 Å². The first kappa shape index (κ1) is 34.5. The van der Waals surface area contributed by atoms with Gasteiger partial charge in [-0.2, -0.15) is 0 Å². The van der Waals surface area contributed by atoms with Crippen molar-refractivity contribution in [1.29, 1.82) is 0 Å². The molecule has 0 spiro atoms. The molecule has 1 aliphatic rings. The van der Waals surface area contributed by atoms with Gasteiger partial charge in [0.25, 0.3) is 5.91 Å². The predicted octanol–water partition coefficient (Wildman–Crippen LogP) is 5.48. The predicted molar refractivity (Wildman–Crippen MR) is 164 cm³/mol. The number of carboxylic acids is 1. The Labute approximate surface area is 263 Å². The van der Waals surface area contributed by atoms with Crippen LogP contribution in [0.15, 0.2) is 41.4 Å². The van der Waals surface area contributed by atoms with Crippen LogP contribution in [-0.4, -0.2) is 73.2 Å². The number of carbonyl (C=O) groups excluding carboxylic acids is 1. The van der Waals surface area contributed by atoms with Gasteiger partial charge in [0, 0.05) is 33.9 Å². The molecule has 3 heterocycles. The Morgan fingerprint density at radius 3 is 2.35 bits per heavy atom. The lowest BCUT2D eigenvalue weighted by Gasteiger charge is -2.29. The molecule has 0 saturated carbocycles. The number of halogens is 3. The van der Waals surface area contributed by atoms with Crippen molar-refractivity contribution in [3.63, 3.8) is 0 Å². The van der Waals surface area contributed by atoms with E-state index in [2.05, 4.69) is 15.2 Å². The molecule has 2 N–H and O–H groups in total. The molecule has 1 fully saturated rings. The van der Waals surface area contributed by atoms with Gasteiger partial charge >= 0.3 is 5.97 Å². The molecule has 1 amide bonds. The summed E-state index contributed by atoms with van der Waals surface area (Å²) in [5.74, 6) is -0.0889. The van der Waals surface area contributed by atoms with E-state index in [0.717, 1.165) is 30.2 Å². The summed E-state index contributed by atoms with van der Waals surface area (Å²) in [6.07, 6.45) is 0. The Hall–Kier alpha value is -3.00. The highest BCUT2D eigenvalue weighted by Crippen LogP contribution is 2.29. The Bertz CT molecular complexity index is 1380. The summed E-state index contributed by atoms with van der Waals surface area (Å²) in [6, 6.07) is 9.54. The normalized spacial score (nSPS) is 12.8. The Morgan fingerprint density at radius 1 is 1.07 bits per heavy atom. The highest BCUT2D eigenvalue weighted by atomic mass is 35.5. The van der Waals surface area contributed by atoms with Crippen molar-refractivity contribution in [2.45, 2.75) is 31.7 Å². The highest BCUT2D eigenvalue weighted by Gasteiger charge is 2.23. The van der Waals surface area contributed by atoms with Crippen molar-refractivity contribution < 1.29 is 33.3 Å². The molecule has 0 atom stereocenters. The summed E-state index contributed by atoms with van der Waals surface area (Å²) in [5.41, 5.74) is 2.35. The van der Waals surface area contributed by atoms with Crippen LogP contribution in [0.5, 0.6) is 0 Å². The number of nitrogens with one attached hydrogen (secondary N) is 1. The molecule has 43 heavy (non-hydrogen) atoms. The third-order valence-corrected chi connectivity index (χ3v) is 7.40. The molecule has 0 unspecified atom stereocenters. The first-order valence-electron chi connectivity index (χ1n) is 13.3. The Morgan fingerprint density at radius 2 is 1.74 bits per heavy atom. The first-order valence-corrected chi connectivity index (χ1v) is 15.0. The average Bonchev–Trinajstić information content (AvgIpc) is 2.96. The zero-order chi connectivity index (χ0) is 31.4. The van der Waals surface area contributed by atoms with Crippen LogP contribution in [0.3, 0.4) is 0 Å². The van der Waals surface area contributed by atoms with Crippen LogP contribution in [0.2, 0.25) is 10.3 Å². The molecule has 10 nitrogen and oxygen atoms in total. The number of nitrogens with zero attached hydrogens (tertiary/aromatic N) is 3. The number of aromatic carboxylic acids is 1. The van der Waals surface area contributed by atoms with E-state index < -0.39 is 5.97 Å². The second-order valence-corrected chi connectivity index (χ2v) is 11.1. The fourth-order valence-corrected chi connectivity index (χ4v) is 5.56. The molecular weight excluding hydrogens is 622 g/mol. The van der Waals surface area contributed by atoms with E-state index in [1.54, 1.807) is 19.2 Å². The molecule has 2 aromatic heterocycles. The number of benzene rings is 1. The maximum atomic E-state index is 13.4. The minimum Gasteiger partial charge on any atom is -0.478 e. The number of carbonyl (C=O) groups is 2. The van der Waals surface area contributed by atoms with Gasteiger partial charge < -0.3 is 29.5 Å². The van der Waals surface area contributed by atoms with Gasteiger partial charge in [-0.25, -0.2) is 19.2 Å². The summed E-state index contributed by atoms with van der Waals surface area (Å²) in [4.78, 5) is 34.4. The van der Waals surface area contributed by atoms with Crippen LogP contribution in [-0.2, 0) is 34.0 Å². The van der Waals surface area contributed by atoms with Gasteiger partial charge in [-0.05, 0) is 46.7 Å². The second kappa shape index (κ2) is 17.3. The summed E-state index contributed by atoms with van der Waals surface area (Å²) in [7, 11) is 3.06. The van der Waals surface area contributed by atoms with Gasteiger partial charge in [-0.3, -0.25) is 4.79 Å². The van der Waals surface area contributed by atoms with Gasteiger partial charge in [0.05, 0.1) is 32.0 Å². The summed E-state index contributed by atoms with van der Waals surface area (Å²) in [6.45, 7) is 5.55. The van der Waals surface area contributed by atoms with Gasteiger partial charge in [0.1, 0.15) is 32.5 Å². The fraction of sp³-hybridized carbons (Fsp3) is 0.379. The Kier molecular flexibility index (Phi) is 13.9. The van der Waals surface area contributed by atoms with Crippen LogP contribution in [0, 0.1) is 5.82 Å². The quantitative estimate of drug-likeness (QED) is 0.203. The van der Waals surface area contributed by atoms with Crippen molar-refractivity contribution in [3.05, 3.63) is 80.3 Å². The lowest BCUT2D eigenvalue weighted by atomic mass is 10.1. The second-order valence-electron chi connectivity index (χ2n) is 9.11. The van der Waals surface area contributed by atoms with Crippen molar-refractivity contribution >= 4 is 52.7 Å². The van der Waals surface area contributed by atoms with Crippen LogP contribution < -0.4 is 10.2 Å². The standard InChI is InChI=1S/C21H26FN3O3S.C8H7Cl2NO3/c1-3-29-21-19(20(26)23-13-15-5-4-6-17(22)11-15)16(14-27-2)12-18(24-21)25-7-9-28-10-8-25;1-14-3-4-2-5(9)11-7(10)6(4)8(12)13/h4-6,11-12H,3,7-10,13-14H2,1-2H3,(H,23,26);2H,3H2,1H3,(H,12,13). The van der Waals surface area contributed by atoms with E-state index in [1.165, 1.54) is 37.1 Å². The van der Waals surface area contributed by atoms with Gasteiger partial charge in [0.2, 0.25) is 0 Å². The lowest BCUT2D eigenvalue weighted by molar-refractivity contribution is 0.0691. The third-order valence-electron chi connectivity index (χ3n) is 6.08. The molecule has 1 aromatic carbocycles. The van der Waals surface area contributed by atoms with Crippen molar-refractivity contribution in [1.82, 2.24) is 15.3 Å². The van der Waals surface area contributed by atoms with E-state index in [4.69, 9.17) is 47.5 Å². The molecular formula is C29H33Cl2FN4O6S. The van der Waals surface area contributed by atoms with Gasteiger partial charge in [-0.15, -0.1) is 11.8 Å². The average molecular weight is 656 g/mol. The largest absolute Gasteiger partial charge is 0.478 e. The highest BCUT2D eigenvalue weighted by molar-refractivity contribution is 7.99. The van der Waals surface area contributed by atoms with Gasteiger partial charge in [0.15, 0.2) is 0 Å². The SMILES string of the molecule is CCSc1nc(N2CCOCC2)cc(COC)c1C(=O)NCc1cccc(F)c1.COCc1cc(Cl)nc(Cl)c1C(=O)O. The number of ether oxygens (including phenoxy) is 3. The van der Waals surface area contributed by atoms with Crippen molar-refractivity contribution in [2.24, 2.45) is 0 Å². The number of morpholine rings is 1. The first-order chi connectivity index (χ1) is 20.7. The van der Waals surface area contributed by atoms with E-state index in [1.807, 2.05) is 13.0 Å².